The third kappa shape index (κ3) is 4.27. The van der Waals surface area contributed by atoms with Gasteiger partial charge >= 0.3 is 12.0 Å². The number of aryl methyl sites for hydroxylation is 1. The van der Waals surface area contributed by atoms with E-state index in [-0.39, 0.29) is 12.4 Å². The number of hydrogen-bond donors (Lipinski definition) is 2. The fourth-order valence-corrected chi connectivity index (χ4v) is 4.75. The van der Waals surface area contributed by atoms with Crippen LogP contribution in [0.25, 0.3) is 5.69 Å². The van der Waals surface area contributed by atoms with E-state index in [1.807, 2.05) is 13.8 Å². The molecule has 1 aliphatic carbocycles. The van der Waals surface area contributed by atoms with Gasteiger partial charge in [-0.2, -0.15) is 10.1 Å². The molecule has 34 heavy (non-hydrogen) atoms. The summed E-state index contributed by atoms with van der Waals surface area (Å²) in [6.45, 7) is 3.81. The number of nitrogens with zero attached hydrogens (tertiary/aromatic N) is 3. The smallest absolute Gasteiger partial charge is 0.344 e. The standard InChI is InChI=1S/C24H29N5O5/c1-15-19(11-12-20(30)34-3)16(2)28(26-15)18-9-7-17(8-10-18)21(31)27-29-22(32)24(25-23(29)33)13-5-4-6-14-24/h7-10H,4-6,11-14H2,1-3H3,(H,25,33)(H,27,31). The van der Waals surface area contributed by atoms with Crippen LogP contribution in [-0.4, -0.2) is 51.3 Å². The van der Waals surface area contributed by atoms with Gasteiger partial charge in [-0.15, -0.1) is 0 Å². The summed E-state index contributed by atoms with van der Waals surface area (Å²) >= 11 is 0. The number of aromatic nitrogens is 2. The van der Waals surface area contributed by atoms with Gasteiger partial charge in [-0.25, -0.2) is 9.48 Å². The molecule has 2 aromatic rings. The van der Waals surface area contributed by atoms with Crippen molar-refractivity contribution in [3.8, 4) is 5.69 Å². The van der Waals surface area contributed by atoms with Crippen molar-refractivity contribution in [3.63, 3.8) is 0 Å². The van der Waals surface area contributed by atoms with Crippen molar-refractivity contribution in [1.82, 2.24) is 25.5 Å². The Bertz CT molecular complexity index is 1130. The molecule has 1 aliphatic heterocycles. The van der Waals surface area contributed by atoms with E-state index in [4.69, 9.17) is 4.74 Å². The Hall–Kier alpha value is -3.69. The number of carbonyl (C=O) groups excluding carboxylic acids is 4. The Labute approximate surface area is 197 Å². The first kappa shape index (κ1) is 23.5. The molecule has 4 amide bonds. The van der Waals surface area contributed by atoms with Gasteiger partial charge in [0.1, 0.15) is 5.54 Å². The van der Waals surface area contributed by atoms with Crippen molar-refractivity contribution in [2.24, 2.45) is 0 Å². The summed E-state index contributed by atoms with van der Waals surface area (Å²) in [6, 6.07) is 6.12. The number of amides is 4. The molecule has 1 saturated carbocycles. The first-order valence-corrected chi connectivity index (χ1v) is 11.5. The lowest BCUT2D eigenvalue weighted by atomic mass is 9.82. The van der Waals surface area contributed by atoms with Gasteiger partial charge in [0.05, 0.1) is 18.5 Å². The van der Waals surface area contributed by atoms with E-state index in [2.05, 4.69) is 15.8 Å². The van der Waals surface area contributed by atoms with Gasteiger partial charge < -0.3 is 10.1 Å². The molecule has 2 heterocycles. The minimum atomic E-state index is -0.895. The van der Waals surface area contributed by atoms with Crippen molar-refractivity contribution in [2.75, 3.05) is 7.11 Å². The molecule has 1 aromatic carbocycles. The maximum atomic E-state index is 12.9. The number of hydrogen-bond acceptors (Lipinski definition) is 6. The molecule has 2 N–H and O–H groups in total. The lowest BCUT2D eigenvalue weighted by Crippen LogP contribution is -2.50. The maximum absolute atomic E-state index is 12.9. The number of carbonyl (C=O) groups is 4. The highest BCUT2D eigenvalue weighted by molar-refractivity contribution is 6.09. The van der Waals surface area contributed by atoms with Crippen molar-refractivity contribution >= 4 is 23.8 Å². The maximum Gasteiger partial charge on any atom is 0.344 e. The summed E-state index contributed by atoms with van der Waals surface area (Å²) < 4.78 is 6.48. The van der Waals surface area contributed by atoms with E-state index in [1.54, 1.807) is 28.9 Å². The van der Waals surface area contributed by atoms with Gasteiger partial charge in [0, 0.05) is 17.7 Å². The highest BCUT2D eigenvalue weighted by atomic mass is 16.5. The van der Waals surface area contributed by atoms with Crippen LogP contribution in [0.2, 0.25) is 0 Å². The lowest BCUT2D eigenvalue weighted by Gasteiger charge is -2.30. The van der Waals surface area contributed by atoms with Crippen molar-refractivity contribution in [2.45, 2.75) is 64.3 Å². The molecule has 2 fully saturated rings. The summed E-state index contributed by atoms with van der Waals surface area (Å²) in [6.07, 6.45) is 4.74. The zero-order valence-electron chi connectivity index (χ0n) is 19.6. The lowest BCUT2D eigenvalue weighted by molar-refractivity contribution is -0.140. The SMILES string of the molecule is COC(=O)CCc1c(C)nn(-c2ccc(C(=O)NN3C(=O)NC4(CCCCC4)C3=O)cc2)c1C. The predicted octanol–water partition coefficient (Wildman–Crippen LogP) is 2.49. The second-order valence-electron chi connectivity index (χ2n) is 8.84. The van der Waals surface area contributed by atoms with Crippen LogP contribution in [0.3, 0.4) is 0 Å². The molecule has 1 saturated heterocycles. The van der Waals surface area contributed by atoms with Crippen molar-refractivity contribution in [1.29, 1.82) is 0 Å². The minimum Gasteiger partial charge on any atom is -0.469 e. The number of urea groups is 1. The first-order valence-electron chi connectivity index (χ1n) is 11.5. The summed E-state index contributed by atoms with van der Waals surface area (Å²) in [5.74, 6) is -1.22. The van der Waals surface area contributed by atoms with Gasteiger partial charge in [0.25, 0.3) is 11.8 Å². The topological polar surface area (TPSA) is 123 Å². The van der Waals surface area contributed by atoms with Crippen LogP contribution < -0.4 is 10.7 Å². The normalized spacial score (nSPS) is 17.1. The summed E-state index contributed by atoms with van der Waals surface area (Å²) in [4.78, 5) is 49.5. The van der Waals surface area contributed by atoms with Crippen LogP contribution in [0.15, 0.2) is 24.3 Å². The van der Waals surface area contributed by atoms with Crippen molar-refractivity contribution < 1.29 is 23.9 Å². The number of rotatable bonds is 6. The van der Waals surface area contributed by atoms with E-state index in [0.29, 0.717) is 24.8 Å². The molecule has 0 atom stereocenters. The average molecular weight is 468 g/mol. The molecule has 0 unspecified atom stereocenters. The zero-order valence-corrected chi connectivity index (χ0v) is 19.6. The van der Waals surface area contributed by atoms with Crippen LogP contribution in [-0.2, 0) is 20.7 Å². The minimum absolute atomic E-state index is 0.271. The van der Waals surface area contributed by atoms with Crippen molar-refractivity contribution in [3.05, 3.63) is 46.8 Å². The van der Waals surface area contributed by atoms with Gasteiger partial charge in [0.2, 0.25) is 0 Å². The summed E-state index contributed by atoms with van der Waals surface area (Å²) in [5, 5.41) is 8.14. The number of methoxy groups -OCH3 is 1. The number of hydrazine groups is 1. The molecule has 0 radical (unpaired) electrons. The molecular weight excluding hydrogens is 438 g/mol. The fourth-order valence-electron chi connectivity index (χ4n) is 4.75. The van der Waals surface area contributed by atoms with Gasteiger partial charge in [-0.1, -0.05) is 19.3 Å². The quantitative estimate of drug-likeness (QED) is 0.497. The van der Waals surface area contributed by atoms with E-state index >= 15 is 0 Å². The highest BCUT2D eigenvalue weighted by Gasteiger charge is 2.52. The van der Waals surface area contributed by atoms with Gasteiger partial charge in [-0.05, 0) is 62.9 Å². The molecule has 10 nitrogen and oxygen atoms in total. The van der Waals surface area contributed by atoms with Crippen LogP contribution in [0.1, 0.15) is 65.8 Å². The molecule has 2 aliphatic rings. The number of imide groups is 1. The zero-order chi connectivity index (χ0) is 24.5. The highest BCUT2D eigenvalue weighted by Crippen LogP contribution is 2.33. The van der Waals surface area contributed by atoms with Crippen LogP contribution in [0.4, 0.5) is 4.79 Å². The number of esters is 1. The third-order valence-corrected chi connectivity index (χ3v) is 6.70. The Morgan fingerprint density at radius 3 is 2.44 bits per heavy atom. The number of benzene rings is 1. The Morgan fingerprint density at radius 1 is 1.12 bits per heavy atom. The third-order valence-electron chi connectivity index (χ3n) is 6.70. The molecule has 4 rings (SSSR count). The van der Waals surface area contributed by atoms with E-state index in [0.717, 1.165) is 46.9 Å². The Kier molecular flexibility index (Phi) is 6.41. The van der Waals surface area contributed by atoms with E-state index < -0.39 is 23.4 Å². The Morgan fingerprint density at radius 2 is 1.79 bits per heavy atom. The predicted molar refractivity (Wildman–Crippen MR) is 122 cm³/mol. The molecule has 10 heteroatoms. The van der Waals surface area contributed by atoms with Gasteiger partial charge in [-0.3, -0.25) is 19.8 Å². The van der Waals surface area contributed by atoms with Crippen LogP contribution >= 0.6 is 0 Å². The summed E-state index contributed by atoms with van der Waals surface area (Å²) in [7, 11) is 1.36. The number of ether oxygens (including phenoxy) is 1. The number of nitrogens with one attached hydrogen (secondary N) is 2. The largest absolute Gasteiger partial charge is 0.469 e. The first-order chi connectivity index (χ1) is 16.3. The molecule has 0 bridgehead atoms. The second kappa shape index (κ2) is 9.28. The molecule has 180 valence electrons. The van der Waals surface area contributed by atoms with Gasteiger partial charge in [0.15, 0.2) is 0 Å². The van der Waals surface area contributed by atoms with E-state index in [9.17, 15) is 19.2 Å². The second-order valence-corrected chi connectivity index (χ2v) is 8.84. The molecule has 1 spiro atoms. The monoisotopic (exact) mass is 467 g/mol. The molecule has 1 aromatic heterocycles. The summed E-state index contributed by atoms with van der Waals surface area (Å²) in [5.41, 5.74) is 5.30. The average Bonchev–Trinajstić information content (AvgIpc) is 3.24. The Balaban J connectivity index is 1.46. The van der Waals surface area contributed by atoms with Crippen LogP contribution in [0, 0.1) is 13.8 Å². The molecular formula is C24H29N5O5. The van der Waals surface area contributed by atoms with E-state index in [1.165, 1.54) is 7.11 Å². The van der Waals surface area contributed by atoms with Crippen LogP contribution in [0.5, 0.6) is 0 Å². The fraction of sp³-hybridized carbons (Fsp3) is 0.458.